The third-order valence-electron chi connectivity index (χ3n) is 3.89. The molecule has 0 saturated carbocycles. The Morgan fingerprint density at radius 1 is 1.45 bits per heavy atom. The highest BCUT2D eigenvalue weighted by atomic mass is 19.1. The van der Waals surface area contributed by atoms with E-state index in [0.717, 1.165) is 0 Å². The second kappa shape index (κ2) is 6.21. The van der Waals surface area contributed by atoms with Crippen LogP contribution < -0.4 is 10.1 Å². The van der Waals surface area contributed by atoms with Crippen molar-refractivity contribution in [2.75, 3.05) is 20.2 Å². The van der Waals surface area contributed by atoms with Gasteiger partial charge in [-0.1, -0.05) is 0 Å². The van der Waals surface area contributed by atoms with Gasteiger partial charge in [-0.25, -0.2) is 9.18 Å². The van der Waals surface area contributed by atoms with Crippen LogP contribution in [-0.2, 0) is 11.3 Å². The molecule has 1 atom stereocenters. The zero-order valence-corrected chi connectivity index (χ0v) is 12.6. The number of aliphatic carboxylic acids is 1. The van der Waals surface area contributed by atoms with E-state index in [-0.39, 0.29) is 19.1 Å². The van der Waals surface area contributed by atoms with Crippen molar-refractivity contribution in [2.45, 2.75) is 19.9 Å². The zero-order valence-electron chi connectivity index (χ0n) is 12.6. The summed E-state index contributed by atoms with van der Waals surface area (Å²) in [6.07, 6.45) is 0.420. The maximum atomic E-state index is 13.4. The standard InChI is InChI=1S/C15H19FN2O4/c1-15(13(19)20)3-4-18(9-15)14(21)17-8-10-5-11(16)7-12(6-10)22-2/h5-7H,3-4,8-9H2,1-2H3,(H,17,21)(H,19,20). The van der Waals surface area contributed by atoms with Gasteiger partial charge in [0.2, 0.25) is 0 Å². The number of carbonyl (C=O) groups excluding carboxylic acids is 1. The summed E-state index contributed by atoms with van der Waals surface area (Å²) in [4.78, 5) is 24.7. The van der Waals surface area contributed by atoms with Crippen LogP contribution in [0.5, 0.6) is 5.75 Å². The van der Waals surface area contributed by atoms with E-state index in [0.29, 0.717) is 24.3 Å². The summed E-state index contributed by atoms with van der Waals surface area (Å²) in [5, 5.41) is 11.8. The monoisotopic (exact) mass is 310 g/mol. The molecule has 0 aliphatic carbocycles. The summed E-state index contributed by atoms with van der Waals surface area (Å²) in [6.45, 7) is 2.33. The number of carbonyl (C=O) groups is 2. The molecule has 0 bridgehead atoms. The van der Waals surface area contributed by atoms with Crippen LogP contribution in [0.15, 0.2) is 18.2 Å². The fraction of sp³-hybridized carbons (Fsp3) is 0.467. The van der Waals surface area contributed by atoms with Crippen LogP contribution in [0.3, 0.4) is 0 Å². The van der Waals surface area contributed by atoms with E-state index in [1.807, 2.05) is 0 Å². The first kappa shape index (κ1) is 16.1. The number of nitrogens with zero attached hydrogens (tertiary/aromatic N) is 1. The highest BCUT2D eigenvalue weighted by Gasteiger charge is 2.42. The van der Waals surface area contributed by atoms with Crippen LogP contribution in [0.25, 0.3) is 0 Å². The van der Waals surface area contributed by atoms with E-state index < -0.39 is 17.2 Å². The van der Waals surface area contributed by atoms with E-state index in [1.54, 1.807) is 13.0 Å². The average Bonchev–Trinajstić information content (AvgIpc) is 2.88. The van der Waals surface area contributed by atoms with Gasteiger partial charge in [0.05, 0.1) is 12.5 Å². The number of hydrogen-bond donors (Lipinski definition) is 2. The van der Waals surface area contributed by atoms with Crippen molar-refractivity contribution in [2.24, 2.45) is 5.41 Å². The van der Waals surface area contributed by atoms with Crippen LogP contribution in [0.1, 0.15) is 18.9 Å². The number of carboxylic acid groups (broad SMARTS) is 1. The second-order valence-electron chi connectivity index (χ2n) is 5.70. The number of halogens is 1. The topological polar surface area (TPSA) is 78.9 Å². The predicted molar refractivity (Wildman–Crippen MR) is 77.1 cm³/mol. The highest BCUT2D eigenvalue weighted by molar-refractivity contribution is 5.79. The summed E-state index contributed by atoms with van der Waals surface area (Å²) in [7, 11) is 1.44. The second-order valence-corrected chi connectivity index (χ2v) is 5.70. The molecule has 1 aromatic carbocycles. The first-order chi connectivity index (χ1) is 10.3. The summed E-state index contributed by atoms with van der Waals surface area (Å²) >= 11 is 0. The Labute approximate surface area is 127 Å². The summed E-state index contributed by atoms with van der Waals surface area (Å²) in [5.41, 5.74) is -0.329. The van der Waals surface area contributed by atoms with E-state index in [2.05, 4.69) is 5.32 Å². The molecule has 2 rings (SSSR count). The fourth-order valence-corrected chi connectivity index (χ4v) is 2.44. The van der Waals surface area contributed by atoms with Gasteiger partial charge in [0, 0.05) is 25.7 Å². The third kappa shape index (κ3) is 3.47. The lowest BCUT2D eigenvalue weighted by Crippen LogP contribution is -2.40. The minimum absolute atomic E-state index is 0.146. The number of carboxylic acids is 1. The van der Waals surface area contributed by atoms with Gasteiger partial charge in [-0.3, -0.25) is 4.79 Å². The molecule has 1 saturated heterocycles. The van der Waals surface area contributed by atoms with Crippen molar-refractivity contribution in [3.63, 3.8) is 0 Å². The van der Waals surface area contributed by atoms with Crippen molar-refractivity contribution in [3.8, 4) is 5.75 Å². The molecule has 120 valence electrons. The van der Waals surface area contributed by atoms with E-state index >= 15 is 0 Å². The summed E-state index contributed by atoms with van der Waals surface area (Å²) in [5.74, 6) is -0.968. The van der Waals surface area contributed by atoms with E-state index in [4.69, 9.17) is 9.84 Å². The van der Waals surface area contributed by atoms with E-state index in [9.17, 15) is 14.0 Å². The number of nitrogens with one attached hydrogen (secondary N) is 1. The molecule has 2 N–H and O–H groups in total. The number of hydrogen-bond acceptors (Lipinski definition) is 3. The molecule has 0 aromatic heterocycles. The number of likely N-dealkylation sites (tertiary alicyclic amines) is 1. The third-order valence-corrected chi connectivity index (χ3v) is 3.89. The molecule has 1 aliphatic rings. The van der Waals surface area contributed by atoms with Gasteiger partial charge in [-0.15, -0.1) is 0 Å². The molecule has 22 heavy (non-hydrogen) atoms. The first-order valence-corrected chi connectivity index (χ1v) is 6.94. The van der Waals surface area contributed by atoms with Crippen molar-refractivity contribution < 1.29 is 23.8 Å². The Morgan fingerprint density at radius 2 is 2.18 bits per heavy atom. The molecular formula is C15H19FN2O4. The van der Waals surface area contributed by atoms with Crippen LogP contribution in [-0.4, -0.2) is 42.2 Å². The van der Waals surface area contributed by atoms with Gasteiger partial charge in [-0.2, -0.15) is 0 Å². The quantitative estimate of drug-likeness (QED) is 0.889. The molecule has 1 aromatic rings. The maximum absolute atomic E-state index is 13.4. The van der Waals surface area contributed by atoms with Gasteiger partial charge in [0.25, 0.3) is 0 Å². The molecule has 1 heterocycles. The highest BCUT2D eigenvalue weighted by Crippen LogP contribution is 2.30. The minimum Gasteiger partial charge on any atom is -0.497 e. The molecule has 1 fully saturated rings. The Hall–Kier alpha value is -2.31. The Morgan fingerprint density at radius 3 is 2.77 bits per heavy atom. The molecule has 0 spiro atoms. The Bertz CT molecular complexity index is 593. The SMILES string of the molecule is COc1cc(F)cc(CNC(=O)N2CCC(C)(C(=O)O)C2)c1. The van der Waals surface area contributed by atoms with Gasteiger partial charge < -0.3 is 20.1 Å². The smallest absolute Gasteiger partial charge is 0.317 e. The van der Waals surface area contributed by atoms with Gasteiger partial charge in [0.15, 0.2) is 0 Å². The molecule has 6 nitrogen and oxygen atoms in total. The lowest BCUT2D eigenvalue weighted by Gasteiger charge is -2.20. The molecular weight excluding hydrogens is 291 g/mol. The normalized spacial score (nSPS) is 20.8. The van der Waals surface area contributed by atoms with Gasteiger partial charge >= 0.3 is 12.0 Å². The predicted octanol–water partition coefficient (Wildman–Crippen LogP) is 1.84. The largest absolute Gasteiger partial charge is 0.497 e. The maximum Gasteiger partial charge on any atom is 0.317 e. The van der Waals surface area contributed by atoms with Gasteiger partial charge in [-0.05, 0) is 31.0 Å². The molecule has 7 heteroatoms. The minimum atomic E-state index is -0.905. The number of amides is 2. The van der Waals surface area contributed by atoms with Crippen LogP contribution in [0, 0.1) is 11.2 Å². The number of methoxy groups -OCH3 is 1. The average molecular weight is 310 g/mol. The van der Waals surface area contributed by atoms with Crippen molar-refractivity contribution in [1.82, 2.24) is 10.2 Å². The summed E-state index contributed by atoms with van der Waals surface area (Å²) < 4.78 is 18.3. The first-order valence-electron chi connectivity index (χ1n) is 6.94. The van der Waals surface area contributed by atoms with Crippen LogP contribution in [0.4, 0.5) is 9.18 Å². The summed E-state index contributed by atoms with van der Waals surface area (Å²) in [6, 6.07) is 3.85. The van der Waals surface area contributed by atoms with Crippen molar-refractivity contribution in [3.05, 3.63) is 29.6 Å². The lowest BCUT2D eigenvalue weighted by molar-refractivity contribution is -0.147. The Kier molecular flexibility index (Phi) is 4.54. The lowest BCUT2D eigenvalue weighted by atomic mass is 9.90. The van der Waals surface area contributed by atoms with Crippen molar-refractivity contribution in [1.29, 1.82) is 0 Å². The van der Waals surface area contributed by atoms with Gasteiger partial charge in [0.1, 0.15) is 11.6 Å². The fourth-order valence-electron chi connectivity index (χ4n) is 2.44. The number of urea groups is 1. The number of benzene rings is 1. The molecule has 0 radical (unpaired) electrons. The molecule has 1 unspecified atom stereocenters. The van der Waals surface area contributed by atoms with Crippen molar-refractivity contribution >= 4 is 12.0 Å². The molecule has 2 amide bonds. The zero-order chi connectivity index (χ0) is 16.3. The number of ether oxygens (including phenoxy) is 1. The molecule has 1 aliphatic heterocycles. The Balaban J connectivity index is 1.94. The van der Waals surface area contributed by atoms with E-state index in [1.165, 1.54) is 24.1 Å². The van der Waals surface area contributed by atoms with Crippen LogP contribution >= 0.6 is 0 Å². The number of rotatable bonds is 4. The van der Waals surface area contributed by atoms with Crippen LogP contribution in [0.2, 0.25) is 0 Å².